The number of oxazole rings is 1. The van der Waals surface area contributed by atoms with Crippen molar-refractivity contribution in [1.29, 1.82) is 0 Å². The molecule has 110 valence electrons. The summed E-state index contributed by atoms with van der Waals surface area (Å²) in [6.07, 6.45) is 3.79. The van der Waals surface area contributed by atoms with Crippen LogP contribution in [0, 0.1) is 5.92 Å². The summed E-state index contributed by atoms with van der Waals surface area (Å²) in [7, 11) is 0. The molecule has 0 spiro atoms. The van der Waals surface area contributed by atoms with Crippen molar-refractivity contribution < 1.29 is 9.21 Å². The van der Waals surface area contributed by atoms with Crippen LogP contribution in [-0.4, -0.2) is 41.0 Å². The van der Waals surface area contributed by atoms with Crippen molar-refractivity contribution in [2.24, 2.45) is 5.92 Å². The average Bonchev–Trinajstić information content (AvgIpc) is 2.98. The van der Waals surface area contributed by atoms with Crippen LogP contribution in [0.25, 0.3) is 11.1 Å². The lowest BCUT2D eigenvalue weighted by Crippen LogP contribution is -2.62. The van der Waals surface area contributed by atoms with Crippen molar-refractivity contribution in [2.75, 3.05) is 13.1 Å². The van der Waals surface area contributed by atoms with Gasteiger partial charge in [-0.2, -0.15) is 0 Å². The molecule has 1 aromatic carbocycles. The van der Waals surface area contributed by atoms with E-state index in [1.54, 1.807) is 6.07 Å². The Morgan fingerprint density at radius 1 is 1.38 bits per heavy atom. The van der Waals surface area contributed by atoms with E-state index in [-0.39, 0.29) is 11.9 Å². The highest BCUT2D eigenvalue weighted by Crippen LogP contribution is 2.32. The van der Waals surface area contributed by atoms with Gasteiger partial charge in [0.1, 0.15) is 5.52 Å². The molecule has 3 fully saturated rings. The summed E-state index contributed by atoms with van der Waals surface area (Å²) >= 11 is 0. The van der Waals surface area contributed by atoms with Crippen molar-refractivity contribution in [3.8, 4) is 0 Å². The normalized spacial score (nSPS) is 31.5. The van der Waals surface area contributed by atoms with Crippen LogP contribution < -0.4 is 5.32 Å². The van der Waals surface area contributed by atoms with E-state index >= 15 is 0 Å². The topological polar surface area (TPSA) is 58.4 Å². The van der Waals surface area contributed by atoms with Gasteiger partial charge in [0.25, 0.3) is 5.91 Å². The fourth-order valence-corrected chi connectivity index (χ4v) is 3.78. The van der Waals surface area contributed by atoms with E-state index in [4.69, 9.17) is 4.42 Å². The van der Waals surface area contributed by atoms with Crippen LogP contribution in [0.1, 0.15) is 30.1 Å². The predicted molar refractivity (Wildman–Crippen MR) is 79.0 cm³/mol. The second-order valence-electron chi connectivity index (χ2n) is 6.15. The molecule has 5 nitrogen and oxygen atoms in total. The standard InChI is InChI=1S/C16H19N3O2/c1-10-15(11-4-6-19(10)7-5-11)18-16(20)12-2-3-13-14(8-12)21-9-17-13/h2-3,8-11,15H,4-7H2,1H3,(H,18,20)/t10?,15-/m1/s1. The number of fused-ring (bicyclic) bond motifs is 4. The van der Waals surface area contributed by atoms with Crippen molar-refractivity contribution in [3.05, 3.63) is 30.2 Å². The minimum absolute atomic E-state index is 0.0149. The van der Waals surface area contributed by atoms with E-state index in [1.807, 2.05) is 12.1 Å². The molecule has 2 atom stereocenters. The van der Waals surface area contributed by atoms with Crippen LogP contribution in [0.5, 0.6) is 0 Å². The first-order chi connectivity index (χ1) is 10.2. The Morgan fingerprint density at radius 3 is 2.95 bits per heavy atom. The number of benzene rings is 1. The van der Waals surface area contributed by atoms with Crippen LogP contribution >= 0.6 is 0 Å². The zero-order valence-electron chi connectivity index (χ0n) is 12.1. The zero-order chi connectivity index (χ0) is 14.4. The van der Waals surface area contributed by atoms with E-state index in [0.717, 1.165) is 5.52 Å². The fourth-order valence-electron chi connectivity index (χ4n) is 3.78. The van der Waals surface area contributed by atoms with Gasteiger partial charge in [0, 0.05) is 17.6 Å². The van der Waals surface area contributed by atoms with Gasteiger partial charge in [-0.3, -0.25) is 9.69 Å². The van der Waals surface area contributed by atoms with E-state index in [0.29, 0.717) is 23.1 Å². The largest absolute Gasteiger partial charge is 0.443 e. The number of hydrogen-bond donors (Lipinski definition) is 1. The molecular formula is C16H19N3O2. The molecule has 0 aliphatic carbocycles. The summed E-state index contributed by atoms with van der Waals surface area (Å²) in [6, 6.07) is 6.09. The molecular weight excluding hydrogens is 266 g/mol. The summed E-state index contributed by atoms with van der Waals surface area (Å²) in [6.45, 7) is 4.56. The molecule has 4 heterocycles. The van der Waals surface area contributed by atoms with Gasteiger partial charge in [0.05, 0.1) is 0 Å². The molecule has 5 heteroatoms. The minimum atomic E-state index is -0.0149. The maximum absolute atomic E-state index is 12.5. The molecule has 2 bridgehead atoms. The minimum Gasteiger partial charge on any atom is -0.443 e. The van der Waals surface area contributed by atoms with Crippen molar-refractivity contribution >= 4 is 17.0 Å². The Hall–Kier alpha value is -1.88. The quantitative estimate of drug-likeness (QED) is 0.917. The van der Waals surface area contributed by atoms with E-state index in [9.17, 15) is 4.79 Å². The number of hydrogen-bond acceptors (Lipinski definition) is 4. The third-order valence-electron chi connectivity index (χ3n) is 5.07. The third kappa shape index (κ3) is 2.12. The molecule has 1 amide bonds. The molecule has 5 rings (SSSR count). The highest BCUT2D eigenvalue weighted by atomic mass is 16.3. The van der Waals surface area contributed by atoms with Crippen LogP contribution in [0.3, 0.4) is 0 Å². The summed E-state index contributed by atoms with van der Waals surface area (Å²) in [5, 5.41) is 3.23. The summed E-state index contributed by atoms with van der Waals surface area (Å²) in [5.41, 5.74) is 2.08. The van der Waals surface area contributed by atoms with Gasteiger partial charge in [0.2, 0.25) is 0 Å². The Morgan fingerprint density at radius 2 is 2.19 bits per heavy atom. The van der Waals surface area contributed by atoms with Crippen molar-refractivity contribution in [1.82, 2.24) is 15.2 Å². The SMILES string of the molecule is CC1[C@@H](NC(=O)c2ccc3ncoc3c2)C2CCN1CC2. The first-order valence-corrected chi connectivity index (χ1v) is 7.60. The number of piperidine rings is 3. The van der Waals surface area contributed by atoms with Gasteiger partial charge in [-0.05, 0) is 57.0 Å². The van der Waals surface area contributed by atoms with Gasteiger partial charge in [-0.15, -0.1) is 0 Å². The van der Waals surface area contributed by atoms with Gasteiger partial charge >= 0.3 is 0 Å². The van der Waals surface area contributed by atoms with Gasteiger partial charge in [-0.1, -0.05) is 0 Å². The van der Waals surface area contributed by atoms with Crippen LogP contribution in [0.15, 0.2) is 29.0 Å². The van der Waals surface area contributed by atoms with Crippen LogP contribution in [-0.2, 0) is 0 Å². The molecule has 3 saturated heterocycles. The lowest BCUT2D eigenvalue weighted by atomic mass is 9.79. The maximum atomic E-state index is 12.5. The predicted octanol–water partition coefficient (Wildman–Crippen LogP) is 2.04. The molecule has 3 aliphatic heterocycles. The Balaban J connectivity index is 1.54. The average molecular weight is 285 g/mol. The molecule has 1 N–H and O–H groups in total. The molecule has 1 unspecified atom stereocenters. The number of aromatic nitrogens is 1. The second kappa shape index (κ2) is 4.84. The third-order valence-corrected chi connectivity index (χ3v) is 5.07. The van der Waals surface area contributed by atoms with E-state index < -0.39 is 0 Å². The molecule has 21 heavy (non-hydrogen) atoms. The number of rotatable bonds is 2. The monoisotopic (exact) mass is 285 g/mol. The van der Waals surface area contributed by atoms with Crippen molar-refractivity contribution in [3.63, 3.8) is 0 Å². The number of nitrogens with zero attached hydrogens (tertiary/aromatic N) is 2. The molecule has 0 saturated carbocycles. The van der Waals surface area contributed by atoms with Crippen molar-refractivity contribution in [2.45, 2.75) is 31.8 Å². The number of nitrogens with one attached hydrogen (secondary N) is 1. The lowest BCUT2D eigenvalue weighted by Gasteiger charge is -2.49. The highest BCUT2D eigenvalue weighted by molar-refractivity contribution is 5.97. The Kier molecular flexibility index (Phi) is 2.96. The second-order valence-corrected chi connectivity index (χ2v) is 6.15. The lowest BCUT2D eigenvalue weighted by molar-refractivity contribution is 0.0217. The molecule has 0 radical (unpaired) electrons. The van der Waals surface area contributed by atoms with Gasteiger partial charge < -0.3 is 9.73 Å². The van der Waals surface area contributed by atoms with Crippen LogP contribution in [0.2, 0.25) is 0 Å². The number of amides is 1. The van der Waals surface area contributed by atoms with Crippen LogP contribution in [0.4, 0.5) is 0 Å². The molecule has 1 aromatic heterocycles. The van der Waals surface area contributed by atoms with E-state index in [1.165, 1.54) is 32.3 Å². The maximum Gasteiger partial charge on any atom is 0.251 e. The fraction of sp³-hybridized carbons (Fsp3) is 0.500. The highest BCUT2D eigenvalue weighted by Gasteiger charge is 2.40. The first kappa shape index (κ1) is 12.8. The summed E-state index contributed by atoms with van der Waals surface area (Å²) in [5.74, 6) is 0.599. The Labute approximate surface area is 123 Å². The molecule has 2 aromatic rings. The zero-order valence-corrected chi connectivity index (χ0v) is 12.1. The van der Waals surface area contributed by atoms with Gasteiger partial charge in [0.15, 0.2) is 12.0 Å². The number of carbonyl (C=O) groups excluding carboxylic acids is 1. The number of carbonyl (C=O) groups is 1. The first-order valence-electron chi connectivity index (χ1n) is 7.60. The smallest absolute Gasteiger partial charge is 0.251 e. The summed E-state index contributed by atoms with van der Waals surface area (Å²) < 4.78 is 5.27. The summed E-state index contributed by atoms with van der Waals surface area (Å²) in [4.78, 5) is 19.1. The molecule has 3 aliphatic rings. The van der Waals surface area contributed by atoms with Gasteiger partial charge in [-0.25, -0.2) is 4.98 Å². The Bertz CT molecular complexity index is 671. The van der Waals surface area contributed by atoms with E-state index in [2.05, 4.69) is 22.1 Å².